The number of aliphatic hydroxyl groups excluding tert-OH is 3. The Morgan fingerprint density at radius 2 is 1.61 bits per heavy atom. The number of rotatable bonds is 3. The molecule has 8 heteroatoms. The molecule has 1 aliphatic rings. The molecule has 0 saturated carbocycles. The van der Waals surface area contributed by atoms with E-state index in [0.717, 1.165) is 13.8 Å². The number of hydrogen-bond acceptors (Lipinski definition) is 8. The Kier molecular flexibility index (Phi) is 5.03. The summed E-state index contributed by atoms with van der Waals surface area (Å²) in [5.41, 5.74) is 0. The molecule has 1 fully saturated rings. The number of carbonyl (C=O) groups excluding carboxylic acids is 2. The normalized spacial score (nSPS) is 35.9. The maximum atomic E-state index is 10.9. The van der Waals surface area contributed by atoms with Gasteiger partial charge in [-0.25, -0.2) is 0 Å². The van der Waals surface area contributed by atoms with Crippen LogP contribution in [0.1, 0.15) is 13.8 Å². The van der Waals surface area contributed by atoms with Crippen LogP contribution in [0.25, 0.3) is 0 Å². The van der Waals surface area contributed by atoms with E-state index in [1.165, 1.54) is 0 Å². The van der Waals surface area contributed by atoms with Gasteiger partial charge < -0.3 is 29.5 Å². The fourth-order valence-corrected chi connectivity index (χ4v) is 1.70. The molecule has 0 aliphatic carbocycles. The first-order chi connectivity index (χ1) is 8.36. The van der Waals surface area contributed by atoms with E-state index in [-0.39, 0.29) is 0 Å². The van der Waals surface area contributed by atoms with E-state index < -0.39 is 49.3 Å². The molecule has 1 unspecified atom stereocenters. The smallest absolute Gasteiger partial charge is 0.303 e. The third-order valence-electron chi connectivity index (χ3n) is 2.42. The van der Waals surface area contributed by atoms with Gasteiger partial charge in [0.05, 0.1) is 6.61 Å². The molecule has 18 heavy (non-hydrogen) atoms. The zero-order valence-electron chi connectivity index (χ0n) is 9.98. The van der Waals surface area contributed by atoms with Crippen molar-refractivity contribution in [2.75, 3.05) is 6.61 Å². The molecule has 0 amide bonds. The largest absolute Gasteiger partial charge is 0.455 e. The van der Waals surface area contributed by atoms with Crippen LogP contribution < -0.4 is 0 Å². The summed E-state index contributed by atoms with van der Waals surface area (Å²) in [6.45, 7) is 1.62. The SMILES string of the molecule is CC(=O)O[C@H]1[C@H](O)[C@@H](CO)OC(O)[C@@H]1OC(C)=O. The lowest BCUT2D eigenvalue weighted by Gasteiger charge is -2.40. The van der Waals surface area contributed by atoms with Gasteiger partial charge in [0.25, 0.3) is 0 Å². The van der Waals surface area contributed by atoms with Crippen LogP contribution in [0.15, 0.2) is 0 Å². The van der Waals surface area contributed by atoms with E-state index in [1.54, 1.807) is 0 Å². The second-order valence-corrected chi connectivity index (χ2v) is 3.89. The highest BCUT2D eigenvalue weighted by molar-refractivity contribution is 5.67. The van der Waals surface area contributed by atoms with Crippen LogP contribution in [0.4, 0.5) is 0 Å². The molecule has 1 rings (SSSR count). The maximum Gasteiger partial charge on any atom is 0.303 e. The van der Waals surface area contributed by atoms with Crippen LogP contribution in [0.2, 0.25) is 0 Å². The first-order valence-corrected chi connectivity index (χ1v) is 5.33. The highest BCUT2D eigenvalue weighted by Gasteiger charge is 2.48. The van der Waals surface area contributed by atoms with Gasteiger partial charge in [-0.3, -0.25) is 9.59 Å². The minimum absolute atomic E-state index is 0.581. The van der Waals surface area contributed by atoms with Crippen molar-refractivity contribution in [3.63, 3.8) is 0 Å². The summed E-state index contributed by atoms with van der Waals surface area (Å²) in [5.74, 6) is -1.45. The van der Waals surface area contributed by atoms with Crippen LogP contribution in [0.3, 0.4) is 0 Å². The molecule has 0 aromatic carbocycles. The van der Waals surface area contributed by atoms with Gasteiger partial charge in [-0.15, -0.1) is 0 Å². The Morgan fingerprint density at radius 3 is 2.06 bits per heavy atom. The van der Waals surface area contributed by atoms with Crippen molar-refractivity contribution in [3.8, 4) is 0 Å². The van der Waals surface area contributed by atoms with Gasteiger partial charge in [0.15, 0.2) is 18.5 Å². The summed E-state index contributed by atoms with van der Waals surface area (Å²) in [4.78, 5) is 21.8. The van der Waals surface area contributed by atoms with E-state index in [0.29, 0.717) is 0 Å². The molecule has 1 saturated heterocycles. The molecule has 3 N–H and O–H groups in total. The number of esters is 2. The first kappa shape index (κ1) is 14.8. The van der Waals surface area contributed by atoms with E-state index in [1.807, 2.05) is 0 Å². The van der Waals surface area contributed by atoms with Crippen molar-refractivity contribution >= 4 is 11.9 Å². The topological polar surface area (TPSA) is 123 Å². The molecule has 1 heterocycles. The average Bonchev–Trinajstić information content (AvgIpc) is 2.27. The Balaban J connectivity index is 2.89. The Hall–Kier alpha value is -1.22. The molecule has 0 aromatic rings. The van der Waals surface area contributed by atoms with Crippen LogP contribution >= 0.6 is 0 Å². The minimum Gasteiger partial charge on any atom is -0.455 e. The molecule has 1 aliphatic heterocycles. The van der Waals surface area contributed by atoms with Crippen molar-refractivity contribution in [1.82, 2.24) is 0 Å². The highest BCUT2D eigenvalue weighted by Crippen LogP contribution is 2.24. The molecule has 0 spiro atoms. The number of aliphatic hydroxyl groups is 3. The molecule has 104 valence electrons. The molecule has 5 atom stereocenters. The van der Waals surface area contributed by atoms with Gasteiger partial charge in [-0.1, -0.05) is 0 Å². The lowest BCUT2D eigenvalue weighted by atomic mass is 9.99. The summed E-state index contributed by atoms with van der Waals surface area (Å²) in [7, 11) is 0. The number of carbonyl (C=O) groups is 2. The highest BCUT2D eigenvalue weighted by atomic mass is 16.7. The van der Waals surface area contributed by atoms with Crippen molar-refractivity contribution in [3.05, 3.63) is 0 Å². The lowest BCUT2D eigenvalue weighted by Crippen LogP contribution is -2.60. The Morgan fingerprint density at radius 1 is 1.11 bits per heavy atom. The standard InChI is InChI=1S/C10H16O8/c1-4(12)16-8-7(14)6(3-11)18-10(15)9(8)17-5(2)13/h6-11,14-15H,3H2,1-2H3/t6-,7-,8+,9-,10?/m1/s1. The van der Waals surface area contributed by atoms with Crippen molar-refractivity contribution in [1.29, 1.82) is 0 Å². The zero-order valence-corrected chi connectivity index (χ0v) is 9.98. The Bertz CT molecular complexity index is 317. The fraction of sp³-hybridized carbons (Fsp3) is 0.800. The second-order valence-electron chi connectivity index (χ2n) is 3.89. The molecular formula is C10H16O8. The van der Waals surface area contributed by atoms with E-state index >= 15 is 0 Å². The maximum absolute atomic E-state index is 10.9. The predicted octanol–water partition coefficient (Wildman–Crippen LogP) is -2.08. The van der Waals surface area contributed by atoms with Gasteiger partial charge in [0.1, 0.15) is 12.2 Å². The summed E-state index contributed by atoms with van der Waals surface area (Å²) in [5, 5.41) is 28.4. The van der Waals surface area contributed by atoms with E-state index in [9.17, 15) is 19.8 Å². The van der Waals surface area contributed by atoms with Gasteiger partial charge in [-0.05, 0) is 0 Å². The quantitative estimate of drug-likeness (QED) is 0.496. The zero-order chi connectivity index (χ0) is 13.9. The first-order valence-electron chi connectivity index (χ1n) is 5.33. The number of hydrogen-bond donors (Lipinski definition) is 3. The molecule has 0 bridgehead atoms. The molecular weight excluding hydrogens is 248 g/mol. The third-order valence-corrected chi connectivity index (χ3v) is 2.42. The van der Waals surface area contributed by atoms with Crippen LogP contribution in [-0.2, 0) is 23.8 Å². The van der Waals surface area contributed by atoms with Gasteiger partial charge in [0.2, 0.25) is 0 Å². The second kappa shape index (κ2) is 6.10. The van der Waals surface area contributed by atoms with Crippen LogP contribution in [0, 0.1) is 0 Å². The molecule has 0 aromatic heterocycles. The van der Waals surface area contributed by atoms with Crippen molar-refractivity contribution in [2.45, 2.75) is 44.6 Å². The summed E-state index contributed by atoms with van der Waals surface area (Å²) in [6, 6.07) is 0. The monoisotopic (exact) mass is 264 g/mol. The van der Waals surface area contributed by atoms with Crippen LogP contribution in [-0.4, -0.2) is 64.6 Å². The molecule has 0 radical (unpaired) electrons. The van der Waals surface area contributed by atoms with Crippen molar-refractivity contribution < 1.29 is 39.1 Å². The average molecular weight is 264 g/mol. The van der Waals surface area contributed by atoms with Crippen molar-refractivity contribution in [2.24, 2.45) is 0 Å². The Labute approximate surface area is 103 Å². The third kappa shape index (κ3) is 3.39. The fourth-order valence-electron chi connectivity index (χ4n) is 1.70. The van der Waals surface area contributed by atoms with Gasteiger partial charge in [-0.2, -0.15) is 0 Å². The van der Waals surface area contributed by atoms with E-state index in [4.69, 9.17) is 19.3 Å². The van der Waals surface area contributed by atoms with Gasteiger partial charge in [0, 0.05) is 13.8 Å². The van der Waals surface area contributed by atoms with Gasteiger partial charge >= 0.3 is 11.9 Å². The summed E-state index contributed by atoms with van der Waals surface area (Å²) in [6.07, 6.45) is -6.78. The minimum atomic E-state index is -1.60. The predicted molar refractivity (Wildman–Crippen MR) is 55.1 cm³/mol. The van der Waals surface area contributed by atoms with Crippen LogP contribution in [0.5, 0.6) is 0 Å². The van der Waals surface area contributed by atoms with E-state index in [2.05, 4.69) is 0 Å². The number of ether oxygens (including phenoxy) is 3. The molecule has 8 nitrogen and oxygen atoms in total. The summed E-state index contributed by atoms with van der Waals surface area (Å²) >= 11 is 0. The summed E-state index contributed by atoms with van der Waals surface area (Å²) < 4.78 is 14.4. The lowest BCUT2D eigenvalue weighted by molar-refractivity contribution is -0.293.